The summed E-state index contributed by atoms with van der Waals surface area (Å²) in [5.74, 6) is 0.0139. The fourth-order valence-electron chi connectivity index (χ4n) is 0.591. The average molecular weight is 98.1 g/mol. The van der Waals surface area contributed by atoms with Crippen LogP contribution in [0.15, 0.2) is 23.6 Å². The largest absolute Gasteiger partial charge is 0.211 e. The highest BCUT2D eigenvalue weighted by molar-refractivity contribution is 5.27. The Labute approximate surface area is 42.3 Å². The standard InChI is InChI=1S/C6H7F/c1-5-3-2-4-6(5)7/h2-3H,4H2,1H3. The van der Waals surface area contributed by atoms with E-state index in [4.69, 9.17) is 0 Å². The third kappa shape index (κ3) is 0.710. The highest BCUT2D eigenvalue weighted by Gasteiger charge is 2.00. The molecule has 0 atom stereocenters. The third-order valence-electron chi connectivity index (χ3n) is 1.09. The summed E-state index contributed by atoms with van der Waals surface area (Å²) >= 11 is 0. The van der Waals surface area contributed by atoms with Crippen LogP contribution in [0.2, 0.25) is 0 Å². The van der Waals surface area contributed by atoms with Crippen molar-refractivity contribution in [2.24, 2.45) is 0 Å². The van der Waals surface area contributed by atoms with Crippen molar-refractivity contribution in [2.45, 2.75) is 13.3 Å². The summed E-state index contributed by atoms with van der Waals surface area (Å²) in [5.41, 5.74) is 0.778. The van der Waals surface area contributed by atoms with Gasteiger partial charge in [-0.25, -0.2) is 4.39 Å². The van der Waals surface area contributed by atoms with Gasteiger partial charge in [0.1, 0.15) is 5.83 Å². The maximum absolute atomic E-state index is 12.1. The molecule has 1 heteroatoms. The molecule has 0 saturated carbocycles. The van der Waals surface area contributed by atoms with E-state index >= 15 is 0 Å². The van der Waals surface area contributed by atoms with E-state index < -0.39 is 0 Å². The van der Waals surface area contributed by atoms with Gasteiger partial charge in [0.25, 0.3) is 0 Å². The zero-order valence-corrected chi connectivity index (χ0v) is 4.24. The maximum Gasteiger partial charge on any atom is 0.107 e. The lowest BCUT2D eigenvalue weighted by Crippen LogP contribution is -1.65. The second-order valence-electron chi connectivity index (χ2n) is 1.69. The van der Waals surface area contributed by atoms with Crippen LogP contribution in [0.5, 0.6) is 0 Å². The Morgan fingerprint density at radius 3 is 2.57 bits per heavy atom. The minimum Gasteiger partial charge on any atom is -0.211 e. The summed E-state index contributed by atoms with van der Waals surface area (Å²) in [4.78, 5) is 0. The van der Waals surface area contributed by atoms with Gasteiger partial charge in [-0.1, -0.05) is 12.2 Å². The Bertz CT molecular complexity index is 131. The molecule has 0 bridgehead atoms. The van der Waals surface area contributed by atoms with Crippen LogP contribution >= 0.6 is 0 Å². The van der Waals surface area contributed by atoms with Crippen molar-refractivity contribution in [2.75, 3.05) is 0 Å². The van der Waals surface area contributed by atoms with Crippen LogP contribution in [0, 0.1) is 0 Å². The lowest BCUT2D eigenvalue weighted by Gasteiger charge is -1.82. The van der Waals surface area contributed by atoms with Crippen LogP contribution in [0.4, 0.5) is 4.39 Å². The van der Waals surface area contributed by atoms with E-state index in [1.807, 2.05) is 6.08 Å². The average Bonchev–Trinajstić information content (AvgIpc) is 1.91. The Morgan fingerprint density at radius 2 is 2.43 bits per heavy atom. The van der Waals surface area contributed by atoms with Crippen molar-refractivity contribution >= 4 is 0 Å². The van der Waals surface area contributed by atoms with Gasteiger partial charge >= 0.3 is 0 Å². The molecule has 0 aromatic rings. The second-order valence-corrected chi connectivity index (χ2v) is 1.69. The fourth-order valence-corrected chi connectivity index (χ4v) is 0.591. The van der Waals surface area contributed by atoms with Gasteiger partial charge in [-0.2, -0.15) is 0 Å². The highest BCUT2D eigenvalue weighted by atomic mass is 19.1. The zero-order chi connectivity index (χ0) is 5.28. The molecular weight excluding hydrogens is 91.1 g/mol. The van der Waals surface area contributed by atoms with Gasteiger partial charge in [0, 0.05) is 6.42 Å². The molecule has 0 unspecified atom stereocenters. The van der Waals surface area contributed by atoms with Crippen LogP contribution in [-0.4, -0.2) is 0 Å². The van der Waals surface area contributed by atoms with Gasteiger partial charge in [-0.05, 0) is 12.5 Å². The predicted molar refractivity (Wildman–Crippen MR) is 27.6 cm³/mol. The van der Waals surface area contributed by atoms with Crippen molar-refractivity contribution in [3.63, 3.8) is 0 Å². The van der Waals surface area contributed by atoms with Gasteiger partial charge in [0.15, 0.2) is 0 Å². The lowest BCUT2D eigenvalue weighted by molar-refractivity contribution is 0.616. The highest BCUT2D eigenvalue weighted by Crippen LogP contribution is 2.18. The summed E-state index contributed by atoms with van der Waals surface area (Å²) < 4.78 is 12.1. The van der Waals surface area contributed by atoms with E-state index in [1.54, 1.807) is 13.0 Å². The van der Waals surface area contributed by atoms with Gasteiger partial charge in [0.05, 0.1) is 0 Å². The summed E-state index contributed by atoms with van der Waals surface area (Å²) in [6.07, 6.45) is 4.13. The van der Waals surface area contributed by atoms with Crippen LogP contribution in [-0.2, 0) is 0 Å². The number of allylic oxidation sites excluding steroid dienone is 4. The molecule has 0 spiro atoms. The molecule has 0 N–H and O–H groups in total. The van der Waals surface area contributed by atoms with E-state index in [1.165, 1.54) is 0 Å². The molecule has 0 aromatic carbocycles. The Morgan fingerprint density at radius 1 is 1.71 bits per heavy atom. The molecule has 0 aromatic heterocycles. The Kier molecular flexibility index (Phi) is 0.970. The molecule has 0 radical (unpaired) electrons. The molecule has 1 aliphatic rings. The molecule has 38 valence electrons. The number of hydrogen-bond donors (Lipinski definition) is 0. The Balaban J connectivity index is 2.79. The normalized spacial score (nSPS) is 19.1. The van der Waals surface area contributed by atoms with Crippen LogP contribution in [0.1, 0.15) is 13.3 Å². The molecule has 0 nitrogen and oxygen atoms in total. The van der Waals surface area contributed by atoms with E-state index in [2.05, 4.69) is 0 Å². The van der Waals surface area contributed by atoms with Crippen molar-refractivity contribution < 1.29 is 4.39 Å². The van der Waals surface area contributed by atoms with E-state index in [0.717, 1.165) is 5.57 Å². The van der Waals surface area contributed by atoms with Gasteiger partial charge in [-0.15, -0.1) is 0 Å². The van der Waals surface area contributed by atoms with Crippen molar-refractivity contribution in [3.05, 3.63) is 23.6 Å². The molecule has 0 amide bonds. The summed E-state index contributed by atoms with van der Waals surface area (Å²) in [7, 11) is 0. The molecule has 7 heavy (non-hydrogen) atoms. The van der Waals surface area contributed by atoms with E-state index in [-0.39, 0.29) is 5.83 Å². The second kappa shape index (κ2) is 1.49. The van der Waals surface area contributed by atoms with Gasteiger partial charge < -0.3 is 0 Å². The first kappa shape index (κ1) is 4.57. The maximum atomic E-state index is 12.1. The Hall–Kier alpha value is -0.590. The minimum atomic E-state index is 0.0139. The third-order valence-corrected chi connectivity index (χ3v) is 1.09. The number of rotatable bonds is 0. The molecule has 0 saturated heterocycles. The van der Waals surface area contributed by atoms with Crippen molar-refractivity contribution in [1.82, 2.24) is 0 Å². The topological polar surface area (TPSA) is 0 Å². The van der Waals surface area contributed by atoms with Crippen LogP contribution < -0.4 is 0 Å². The van der Waals surface area contributed by atoms with Crippen molar-refractivity contribution in [3.8, 4) is 0 Å². The fraction of sp³-hybridized carbons (Fsp3) is 0.333. The van der Waals surface area contributed by atoms with Gasteiger partial charge in [-0.3, -0.25) is 0 Å². The van der Waals surface area contributed by atoms with E-state index in [9.17, 15) is 4.39 Å². The predicted octanol–water partition coefficient (Wildman–Crippen LogP) is 2.19. The number of hydrogen-bond acceptors (Lipinski definition) is 0. The SMILES string of the molecule is CC1=C(F)CC=C1. The first-order valence-electron chi connectivity index (χ1n) is 2.32. The van der Waals surface area contributed by atoms with E-state index in [0.29, 0.717) is 6.42 Å². The molecule has 0 heterocycles. The summed E-state index contributed by atoms with van der Waals surface area (Å²) in [5, 5.41) is 0. The quantitative estimate of drug-likeness (QED) is 0.435. The summed E-state index contributed by atoms with van der Waals surface area (Å²) in [6.45, 7) is 1.78. The molecular formula is C6H7F. The van der Waals surface area contributed by atoms with Crippen molar-refractivity contribution in [1.29, 1.82) is 0 Å². The summed E-state index contributed by atoms with van der Waals surface area (Å²) in [6, 6.07) is 0. The molecule has 0 aliphatic heterocycles. The molecule has 1 rings (SSSR count). The molecule has 1 aliphatic carbocycles. The molecule has 0 fully saturated rings. The van der Waals surface area contributed by atoms with Crippen LogP contribution in [0.3, 0.4) is 0 Å². The first-order chi connectivity index (χ1) is 3.30. The smallest absolute Gasteiger partial charge is 0.107 e. The minimum absolute atomic E-state index is 0.0139. The van der Waals surface area contributed by atoms with Gasteiger partial charge in [0.2, 0.25) is 0 Å². The number of halogens is 1. The lowest BCUT2D eigenvalue weighted by atomic mass is 10.3. The monoisotopic (exact) mass is 98.1 g/mol. The zero-order valence-electron chi connectivity index (χ0n) is 4.24. The first-order valence-corrected chi connectivity index (χ1v) is 2.32. The van der Waals surface area contributed by atoms with Crippen LogP contribution in [0.25, 0.3) is 0 Å².